The van der Waals surface area contributed by atoms with E-state index < -0.39 is 5.60 Å². The van der Waals surface area contributed by atoms with Crippen molar-refractivity contribution in [2.24, 2.45) is 4.99 Å². The fourth-order valence-corrected chi connectivity index (χ4v) is 3.80. The molecule has 1 heterocycles. The highest BCUT2D eigenvalue weighted by Gasteiger charge is 2.39. The first-order chi connectivity index (χ1) is 14.9. The van der Waals surface area contributed by atoms with E-state index in [2.05, 4.69) is 20.8 Å². The third-order valence-corrected chi connectivity index (χ3v) is 6.02. The summed E-state index contributed by atoms with van der Waals surface area (Å²) in [5.74, 6) is 0.213. The Balaban J connectivity index is 1.99. The molecule has 1 unspecified atom stereocenters. The van der Waals surface area contributed by atoms with E-state index in [0.29, 0.717) is 17.6 Å². The Bertz CT molecular complexity index is 1000. The Morgan fingerprint density at radius 2 is 1.74 bits per heavy atom. The molecule has 1 aliphatic heterocycles. The minimum Gasteiger partial charge on any atom is -0.469 e. The van der Waals surface area contributed by atoms with E-state index in [0.717, 1.165) is 28.8 Å². The highest BCUT2D eigenvalue weighted by molar-refractivity contribution is 7.80. The van der Waals surface area contributed by atoms with Gasteiger partial charge >= 0.3 is 5.97 Å². The predicted octanol–water partition coefficient (Wildman–Crippen LogP) is 5.41. The van der Waals surface area contributed by atoms with Crippen LogP contribution in [0.25, 0.3) is 5.57 Å². The van der Waals surface area contributed by atoms with Crippen LogP contribution in [0, 0.1) is 0 Å². The molecule has 0 bridgehead atoms. The number of ether oxygens (including phenoxy) is 2. The minimum atomic E-state index is -0.441. The molecule has 0 aliphatic carbocycles. The number of nitrogens with zero attached hydrogens (tertiary/aromatic N) is 2. The van der Waals surface area contributed by atoms with Crippen LogP contribution in [0.4, 0.5) is 5.69 Å². The van der Waals surface area contributed by atoms with Crippen LogP contribution in [0.15, 0.2) is 71.2 Å². The number of hydrogen-bond donors (Lipinski definition) is 0. The lowest BCUT2D eigenvalue weighted by Gasteiger charge is -2.25. The van der Waals surface area contributed by atoms with Crippen molar-refractivity contribution in [2.75, 3.05) is 18.6 Å². The van der Waals surface area contributed by atoms with Gasteiger partial charge in [0.2, 0.25) is 11.0 Å². The van der Waals surface area contributed by atoms with E-state index in [1.165, 1.54) is 7.11 Å². The fourth-order valence-electron chi connectivity index (χ4n) is 3.52. The Morgan fingerprint density at radius 3 is 2.32 bits per heavy atom. The van der Waals surface area contributed by atoms with Crippen LogP contribution >= 0.6 is 12.2 Å². The van der Waals surface area contributed by atoms with Crippen LogP contribution in [0.5, 0.6) is 0 Å². The smallest absolute Gasteiger partial charge is 0.307 e. The molecule has 0 saturated heterocycles. The third-order valence-electron chi connectivity index (χ3n) is 5.70. The largest absolute Gasteiger partial charge is 0.469 e. The van der Waals surface area contributed by atoms with E-state index >= 15 is 0 Å². The second-order valence-electron chi connectivity index (χ2n) is 7.57. The van der Waals surface area contributed by atoms with Crippen LogP contribution in [0.3, 0.4) is 0 Å². The normalized spacial score (nSPS) is 19.3. The summed E-state index contributed by atoms with van der Waals surface area (Å²) in [6, 6.07) is 19.8. The molecule has 0 spiro atoms. The number of thiocarbonyl (C=S) groups is 1. The van der Waals surface area contributed by atoms with Gasteiger partial charge in [-0.1, -0.05) is 55.5 Å². The SMILES string of the molecule is CCC1(C)OC(=NC(=S)N(CCC(=O)OC)c2ccccc2)C(c2ccccc2)=C1C. The average Bonchev–Trinajstić information content (AvgIpc) is 3.05. The van der Waals surface area contributed by atoms with Crippen LogP contribution in [0.2, 0.25) is 0 Å². The van der Waals surface area contributed by atoms with Crippen molar-refractivity contribution in [3.05, 3.63) is 71.8 Å². The summed E-state index contributed by atoms with van der Waals surface area (Å²) in [7, 11) is 1.38. The summed E-state index contributed by atoms with van der Waals surface area (Å²) < 4.78 is 11.2. The van der Waals surface area contributed by atoms with E-state index in [4.69, 9.17) is 26.7 Å². The monoisotopic (exact) mass is 436 g/mol. The molecule has 31 heavy (non-hydrogen) atoms. The molecule has 0 radical (unpaired) electrons. The molecule has 0 amide bonds. The van der Waals surface area contributed by atoms with Gasteiger partial charge in [0, 0.05) is 17.8 Å². The quantitative estimate of drug-likeness (QED) is 0.447. The number of carbonyl (C=O) groups excluding carboxylic acids is 1. The van der Waals surface area contributed by atoms with Crippen LogP contribution < -0.4 is 4.90 Å². The van der Waals surface area contributed by atoms with Gasteiger partial charge in [-0.05, 0) is 55.8 Å². The summed E-state index contributed by atoms with van der Waals surface area (Å²) in [4.78, 5) is 18.3. The minimum absolute atomic E-state index is 0.199. The molecule has 1 atom stereocenters. The third kappa shape index (κ3) is 5.02. The number of carbonyl (C=O) groups is 1. The molecule has 162 valence electrons. The van der Waals surface area contributed by atoms with Crippen molar-refractivity contribution in [1.29, 1.82) is 0 Å². The van der Waals surface area contributed by atoms with Gasteiger partial charge in [0.15, 0.2) is 0 Å². The van der Waals surface area contributed by atoms with Crippen molar-refractivity contribution < 1.29 is 14.3 Å². The first-order valence-electron chi connectivity index (χ1n) is 10.4. The van der Waals surface area contributed by atoms with Gasteiger partial charge in [-0.3, -0.25) is 4.79 Å². The average molecular weight is 437 g/mol. The zero-order valence-electron chi connectivity index (χ0n) is 18.4. The lowest BCUT2D eigenvalue weighted by atomic mass is 9.90. The molecule has 0 N–H and O–H groups in total. The molecule has 2 aromatic rings. The number of para-hydroxylation sites is 1. The van der Waals surface area contributed by atoms with E-state index in [9.17, 15) is 4.79 Å². The molecular weight excluding hydrogens is 408 g/mol. The van der Waals surface area contributed by atoms with E-state index in [-0.39, 0.29) is 12.4 Å². The number of rotatable bonds is 6. The van der Waals surface area contributed by atoms with Crippen molar-refractivity contribution >= 4 is 40.5 Å². The summed E-state index contributed by atoms with van der Waals surface area (Å²) in [6.07, 6.45) is 1.01. The van der Waals surface area contributed by atoms with Gasteiger partial charge in [0.05, 0.1) is 13.5 Å². The highest BCUT2D eigenvalue weighted by atomic mass is 32.1. The maximum atomic E-state index is 11.8. The van der Waals surface area contributed by atoms with Crippen LogP contribution in [-0.4, -0.2) is 36.2 Å². The van der Waals surface area contributed by atoms with Crippen molar-refractivity contribution in [2.45, 2.75) is 39.2 Å². The number of hydrogen-bond acceptors (Lipinski definition) is 4. The Morgan fingerprint density at radius 1 is 1.13 bits per heavy atom. The molecule has 1 aliphatic rings. The van der Waals surface area contributed by atoms with Gasteiger partial charge in [-0.2, -0.15) is 4.99 Å². The van der Waals surface area contributed by atoms with Gasteiger partial charge in [-0.25, -0.2) is 0 Å². The lowest BCUT2D eigenvalue weighted by Crippen LogP contribution is -2.32. The molecule has 0 fully saturated rings. The Kier molecular flexibility index (Phi) is 7.23. The topological polar surface area (TPSA) is 51.1 Å². The number of methoxy groups -OCH3 is 1. The lowest BCUT2D eigenvalue weighted by molar-refractivity contribution is -0.140. The van der Waals surface area contributed by atoms with Gasteiger partial charge in [-0.15, -0.1) is 0 Å². The van der Waals surface area contributed by atoms with E-state index in [1.807, 2.05) is 65.6 Å². The molecular formula is C25H28N2O3S. The van der Waals surface area contributed by atoms with Crippen molar-refractivity contribution in [3.8, 4) is 0 Å². The maximum Gasteiger partial charge on any atom is 0.307 e. The Hall–Kier alpha value is -2.99. The second-order valence-corrected chi connectivity index (χ2v) is 7.93. The second kappa shape index (κ2) is 9.88. The first kappa shape index (κ1) is 22.7. The van der Waals surface area contributed by atoms with Gasteiger partial charge in [0.25, 0.3) is 0 Å². The first-order valence-corrected chi connectivity index (χ1v) is 10.8. The number of benzene rings is 2. The molecule has 3 rings (SSSR count). The van der Waals surface area contributed by atoms with Gasteiger partial charge < -0.3 is 14.4 Å². The molecule has 2 aromatic carbocycles. The van der Waals surface area contributed by atoms with Crippen molar-refractivity contribution in [3.63, 3.8) is 0 Å². The number of anilines is 1. The summed E-state index contributed by atoms with van der Waals surface area (Å²) >= 11 is 5.72. The number of esters is 1. The van der Waals surface area contributed by atoms with Crippen LogP contribution in [-0.2, 0) is 14.3 Å². The zero-order valence-corrected chi connectivity index (χ0v) is 19.2. The standard InChI is InChI=1S/C25H28N2O3S/c1-5-25(3)18(2)22(19-12-8-6-9-13-19)23(30-25)26-24(31)27(17-16-21(28)29-4)20-14-10-7-11-15-20/h6-15H,5,16-17H2,1-4H3. The van der Waals surface area contributed by atoms with Crippen molar-refractivity contribution in [1.82, 2.24) is 0 Å². The van der Waals surface area contributed by atoms with E-state index in [1.54, 1.807) is 0 Å². The molecule has 6 heteroatoms. The summed E-state index contributed by atoms with van der Waals surface area (Å²) in [6.45, 7) is 6.62. The summed E-state index contributed by atoms with van der Waals surface area (Å²) in [5, 5.41) is 0.340. The number of aliphatic imine (C=N–C) groups is 1. The van der Waals surface area contributed by atoms with Gasteiger partial charge in [0.1, 0.15) is 5.60 Å². The fraction of sp³-hybridized carbons (Fsp3) is 0.320. The van der Waals surface area contributed by atoms with Crippen LogP contribution in [0.1, 0.15) is 39.2 Å². The molecule has 5 nitrogen and oxygen atoms in total. The highest BCUT2D eigenvalue weighted by Crippen LogP contribution is 2.40. The maximum absolute atomic E-state index is 11.8. The Labute approximate surface area is 189 Å². The summed E-state index contributed by atoms with van der Waals surface area (Å²) in [5.41, 5.74) is 3.55. The molecule has 0 saturated carbocycles. The zero-order chi connectivity index (χ0) is 22.4. The molecule has 0 aromatic heterocycles. The predicted molar refractivity (Wildman–Crippen MR) is 129 cm³/mol.